The summed E-state index contributed by atoms with van der Waals surface area (Å²) < 4.78 is 25.3. The molecule has 0 aliphatic carbocycles. The van der Waals surface area contributed by atoms with Crippen LogP contribution in [0.15, 0.2) is 23.1 Å². The first-order valence-electron chi connectivity index (χ1n) is 6.20. The maximum absolute atomic E-state index is 11.9. The van der Waals surface area contributed by atoms with Crippen LogP contribution >= 0.6 is 11.6 Å². The standard InChI is InChI=1S/C13H16ClN3O3S/c1-16(2)12(18)8-17-9-5-4-6-10(21(3,19)20)13(9)15-11(17)7-14/h4-6H,7-8H2,1-3H3. The topological polar surface area (TPSA) is 72.3 Å². The summed E-state index contributed by atoms with van der Waals surface area (Å²) in [6, 6.07) is 4.87. The third kappa shape index (κ3) is 3.03. The number of sulfone groups is 1. The minimum absolute atomic E-state index is 0.0682. The van der Waals surface area contributed by atoms with Crippen LogP contribution in [0, 0.1) is 0 Å². The Morgan fingerprint density at radius 2 is 2.05 bits per heavy atom. The first-order valence-corrected chi connectivity index (χ1v) is 8.62. The van der Waals surface area contributed by atoms with E-state index in [0.717, 1.165) is 6.26 Å². The van der Waals surface area contributed by atoms with E-state index in [0.29, 0.717) is 16.9 Å². The van der Waals surface area contributed by atoms with Gasteiger partial charge >= 0.3 is 0 Å². The molecule has 8 heteroatoms. The molecular weight excluding hydrogens is 314 g/mol. The Morgan fingerprint density at radius 1 is 1.38 bits per heavy atom. The van der Waals surface area contributed by atoms with Gasteiger partial charge < -0.3 is 9.47 Å². The van der Waals surface area contributed by atoms with Crippen LogP contribution in [-0.4, -0.2) is 49.1 Å². The molecule has 2 aromatic rings. The number of amides is 1. The van der Waals surface area contributed by atoms with Gasteiger partial charge in [-0.15, -0.1) is 11.6 Å². The van der Waals surface area contributed by atoms with Crippen LogP contribution < -0.4 is 0 Å². The number of rotatable bonds is 4. The summed E-state index contributed by atoms with van der Waals surface area (Å²) in [6.07, 6.45) is 1.13. The molecule has 114 valence electrons. The van der Waals surface area contributed by atoms with E-state index in [4.69, 9.17) is 11.6 Å². The molecule has 0 atom stereocenters. The van der Waals surface area contributed by atoms with Gasteiger partial charge in [-0.3, -0.25) is 4.79 Å². The fraction of sp³-hybridized carbons (Fsp3) is 0.385. The minimum Gasteiger partial charge on any atom is -0.347 e. The van der Waals surface area contributed by atoms with Gasteiger partial charge in [0, 0.05) is 20.4 Å². The molecule has 0 saturated carbocycles. The van der Waals surface area contributed by atoms with E-state index in [1.165, 1.54) is 11.0 Å². The van der Waals surface area contributed by atoms with Gasteiger partial charge in [-0.1, -0.05) is 6.07 Å². The first kappa shape index (κ1) is 15.8. The van der Waals surface area contributed by atoms with Crippen LogP contribution in [0.3, 0.4) is 0 Å². The van der Waals surface area contributed by atoms with Crippen molar-refractivity contribution in [1.82, 2.24) is 14.5 Å². The minimum atomic E-state index is -3.40. The van der Waals surface area contributed by atoms with E-state index in [9.17, 15) is 13.2 Å². The summed E-state index contributed by atoms with van der Waals surface area (Å²) in [5, 5.41) is 0. The van der Waals surface area contributed by atoms with Crippen molar-refractivity contribution in [2.75, 3.05) is 20.4 Å². The predicted octanol–water partition coefficient (Wildman–Crippen LogP) is 1.27. The van der Waals surface area contributed by atoms with Crippen molar-refractivity contribution in [3.8, 4) is 0 Å². The summed E-state index contributed by atoms with van der Waals surface area (Å²) in [7, 11) is -0.0871. The third-order valence-corrected chi connectivity index (χ3v) is 4.50. The molecule has 1 heterocycles. The molecule has 0 aliphatic heterocycles. The summed E-state index contributed by atoms with van der Waals surface area (Å²) in [6.45, 7) is 0.0682. The number of alkyl halides is 1. The van der Waals surface area contributed by atoms with Crippen molar-refractivity contribution in [1.29, 1.82) is 0 Å². The van der Waals surface area contributed by atoms with Gasteiger partial charge in [-0.2, -0.15) is 0 Å². The molecule has 1 aromatic heterocycles. The van der Waals surface area contributed by atoms with Gasteiger partial charge in [-0.25, -0.2) is 13.4 Å². The van der Waals surface area contributed by atoms with Gasteiger partial charge in [0.25, 0.3) is 0 Å². The van der Waals surface area contributed by atoms with E-state index in [1.54, 1.807) is 30.8 Å². The summed E-state index contributed by atoms with van der Waals surface area (Å²) in [5.41, 5.74) is 0.936. The van der Waals surface area contributed by atoms with E-state index in [1.807, 2.05) is 0 Å². The number of carbonyl (C=O) groups excluding carboxylic acids is 1. The Morgan fingerprint density at radius 3 is 2.57 bits per heavy atom. The number of fused-ring (bicyclic) bond motifs is 1. The number of hydrogen-bond donors (Lipinski definition) is 0. The number of benzene rings is 1. The zero-order valence-corrected chi connectivity index (χ0v) is 13.6. The van der Waals surface area contributed by atoms with Crippen LogP contribution in [0.25, 0.3) is 11.0 Å². The predicted molar refractivity (Wildman–Crippen MR) is 81.1 cm³/mol. The van der Waals surface area contributed by atoms with Crippen molar-refractivity contribution < 1.29 is 13.2 Å². The molecule has 21 heavy (non-hydrogen) atoms. The Hall–Kier alpha value is -1.60. The quantitative estimate of drug-likeness (QED) is 0.792. The molecule has 0 bridgehead atoms. The Bertz CT molecular complexity index is 796. The monoisotopic (exact) mass is 329 g/mol. The van der Waals surface area contributed by atoms with Gasteiger partial charge in [0.15, 0.2) is 9.84 Å². The average molecular weight is 330 g/mol. The number of carbonyl (C=O) groups is 1. The van der Waals surface area contributed by atoms with E-state index in [-0.39, 0.29) is 23.2 Å². The lowest BCUT2D eigenvalue weighted by molar-refractivity contribution is -0.129. The summed E-state index contributed by atoms with van der Waals surface area (Å²) in [5.74, 6) is 0.446. The first-order chi connectivity index (χ1) is 9.75. The lowest BCUT2D eigenvalue weighted by Gasteiger charge is -2.12. The number of hydrogen-bond acceptors (Lipinski definition) is 4. The molecule has 1 aromatic carbocycles. The normalized spacial score (nSPS) is 11.8. The smallest absolute Gasteiger partial charge is 0.242 e. The molecule has 1 amide bonds. The largest absolute Gasteiger partial charge is 0.347 e. The summed E-state index contributed by atoms with van der Waals surface area (Å²) in [4.78, 5) is 17.8. The van der Waals surface area contributed by atoms with Crippen molar-refractivity contribution in [2.45, 2.75) is 17.3 Å². The molecule has 0 spiro atoms. The van der Waals surface area contributed by atoms with E-state index < -0.39 is 9.84 Å². The maximum atomic E-state index is 11.9. The van der Waals surface area contributed by atoms with Crippen molar-refractivity contribution in [2.24, 2.45) is 0 Å². The Labute approximate surface area is 128 Å². The SMILES string of the molecule is CN(C)C(=O)Cn1c(CCl)nc2c(S(C)(=O)=O)cccc21. The second-order valence-electron chi connectivity index (χ2n) is 4.93. The molecule has 0 radical (unpaired) electrons. The lowest BCUT2D eigenvalue weighted by atomic mass is 10.3. The van der Waals surface area contributed by atoms with Gasteiger partial charge in [0.1, 0.15) is 17.9 Å². The van der Waals surface area contributed by atoms with Crippen molar-refractivity contribution >= 4 is 38.4 Å². The van der Waals surface area contributed by atoms with Gasteiger partial charge in [-0.05, 0) is 12.1 Å². The van der Waals surface area contributed by atoms with Crippen molar-refractivity contribution in [3.63, 3.8) is 0 Å². The third-order valence-electron chi connectivity index (χ3n) is 3.13. The number of likely N-dealkylation sites (N-methyl/N-ethyl adjacent to an activating group) is 1. The highest BCUT2D eigenvalue weighted by Gasteiger charge is 2.19. The fourth-order valence-electron chi connectivity index (χ4n) is 2.02. The Balaban J connectivity index is 2.68. The van der Waals surface area contributed by atoms with Crippen LogP contribution in [0.1, 0.15) is 5.82 Å². The number of imidazole rings is 1. The number of aromatic nitrogens is 2. The summed E-state index contributed by atoms with van der Waals surface area (Å²) >= 11 is 5.88. The van der Waals surface area contributed by atoms with E-state index >= 15 is 0 Å². The molecule has 0 aliphatic rings. The van der Waals surface area contributed by atoms with Crippen LogP contribution in [0.2, 0.25) is 0 Å². The van der Waals surface area contributed by atoms with Gasteiger partial charge in [0.2, 0.25) is 5.91 Å². The van der Waals surface area contributed by atoms with Crippen LogP contribution in [-0.2, 0) is 27.1 Å². The molecule has 2 rings (SSSR count). The van der Waals surface area contributed by atoms with E-state index in [2.05, 4.69) is 4.98 Å². The number of halogens is 1. The molecule has 0 fully saturated rings. The average Bonchev–Trinajstić information content (AvgIpc) is 2.75. The maximum Gasteiger partial charge on any atom is 0.242 e. The number of para-hydroxylation sites is 1. The second-order valence-corrected chi connectivity index (χ2v) is 7.18. The highest BCUT2D eigenvalue weighted by molar-refractivity contribution is 7.91. The van der Waals surface area contributed by atoms with Crippen LogP contribution in [0.5, 0.6) is 0 Å². The Kier molecular flexibility index (Phi) is 4.25. The highest BCUT2D eigenvalue weighted by Crippen LogP contribution is 2.24. The zero-order chi connectivity index (χ0) is 15.8. The van der Waals surface area contributed by atoms with Crippen molar-refractivity contribution in [3.05, 3.63) is 24.0 Å². The van der Waals surface area contributed by atoms with Crippen LogP contribution in [0.4, 0.5) is 0 Å². The van der Waals surface area contributed by atoms with Gasteiger partial charge in [0.05, 0.1) is 16.3 Å². The number of nitrogens with zero attached hydrogens (tertiary/aromatic N) is 3. The molecule has 0 saturated heterocycles. The molecule has 0 N–H and O–H groups in total. The molecule has 6 nitrogen and oxygen atoms in total. The fourth-order valence-corrected chi connectivity index (χ4v) is 3.05. The molecular formula is C13H16ClN3O3S. The molecule has 0 unspecified atom stereocenters. The second kappa shape index (κ2) is 5.65. The highest BCUT2D eigenvalue weighted by atomic mass is 35.5. The zero-order valence-electron chi connectivity index (χ0n) is 12.0. The lowest BCUT2D eigenvalue weighted by Crippen LogP contribution is -2.26.